The highest BCUT2D eigenvalue weighted by Gasteiger charge is 2.11. The van der Waals surface area contributed by atoms with E-state index in [1.165, 1.54) is 4.68 Å². The number of methoxy groups -OCH3 is 2. The van der Waals surface area contributed by atoms with Crippen LogP contribution in [0.4, 0.5) is 5.69 Å². The minimum absolute atomic E-state index is 0.174. The molecule has 0 unspecified atom stereocenters. The molecule has 4 rings (SSSR count). The molecule has 2 aromatic carbocycles. The van der Waals surface area contributed by atoms with Crippen molar-refractivity contribution < 1.29 is 19.0 Å². The Balaban J connectivity index is 1.45. The third-order valence-corrected chi connectivity index (χ3v) is 5.18. The van der Waals surface area contributed by atoms with Crippen LogP contribution in [0.25, 0.3) is 21.8 Å². The number of benzene rings is 2. The lowest BCUT2D eigenvalue weighted by atomic mass is 10.2. The molecule has 0 aliphatic carbocycles. The van der Waals surface area contributed by atoms with Crippen LogP contribution in [0.5, 0.6) is 5.75 Å². The van der Waals surface area contributed by atoms with Crippen molar-refractivity contribution >= 4 is 33.4 Å². The van der Waals surface area contributed by atoms with Gasteiger partial charge in [-0.2, -0.15) is 0 Å². The van der Waals surface area contributed by atoms with E-state index in [1.807, 2.05) is 30.5 Å². The fourth-order valence-corrected chi connectivity index (χ4v) is 3.52. The Morgan fingerprint density at radius 3 is 2.67 bits per heavy atom. The van der Waals surface area contributed by atoms with Crippen molar-refractivity contribution in [2.24, 2.45) is 0 Å². The second-order valence-electron chi connectivity index (χ2n) is 7.37. The first kappa shape index (κ1) is 22.4. The molecular weight excluding hydrogens is 426 g/mol. The molecular formula is C23H25N5O5. The molecule has 0 spiro atoms. The molecule has 0 aliphatic heterocycles. The summed E-state index contributed by atoms with van der Waals surface area (Å²) < 4.78 is 19.2. The number of carbonyl (C=O) groups excluding carboxylic acids is 1. The summed E-state index contributed by atoms with van der Waals surface area (Å²) in [6, 6.07) is 12.6. The highest BCUT2D eigenvalue weighted by atomic mass is 16.5. The third-order valence-electron chi connectivity index (χ3n) is 5.18. The zero-order valence-electron chi connectivity index (χ0n) is 18.5. The highest BCUT2D eigenvalue weighted by Crippen LogP contribution is 2.26. The maximum atomic E-state index is 12.6. The number of amides is 1. The van der Waals surface area contributed by atoms with Crippen LogP contribution in [0.3, 0.4) is 0 Å². The third kappa shape index (κ3) is 5.02. The van der Waals surface area contributed by atoms with Gasteiger partial charge in [0, 0.05) is 38.0 Å². The van der Waals surface area contributed by atoms with Gasteiger partial charge < -0.3 is 24.1 Å². The standard InChI is InChI=1S/C23H25N5O5/c1-31-12-10-27-9-8-17-20(27)4-3-5-21(17)33-15-22(29)24-16-6-7-19-18(14-16)23(30)28(26-25-19)11-13-32-2/h3-9,14H,10-13,15H2,1-2H3,(H,24,29). The van der Waals surface area contributed by atoms with E-state index >= 15 is 0 Å². The zero-order valence-corrected chi connectivity index (χ0v) is 18.5. The quantitative estimate of drug-likeness (QED) is 0.393. The van der Waals surface area contributed by atoms with Crippen LogP contribution in [0.1, 0.15) is 0 Å². The van der Waals surface area contributed by atoms with Gasteiger partial charge >= 0.3 is 0 Å². The van der Waals surface area contributed by atoms with Crippen molar-refractivity contribution in [3.63, 3.8) is 0 Å². The van der Waals surface area contributed by atoms with Crippen molar-refractivity contribution in [2.45, 2.75) is 13.1 Å². The number of hydrogen-bond acceptors (Lipinski definition) is 7. The van der Waals surface area contributed by atoms with Crippen LogP contribution in [0.15, 0.2) is 53.5 Å². The first-order valence-corrected chi connectivity index (χ1v) is 10.5. The minimum atomic E-state index is -0.341. The average Bonchev–Trinajstić information content (AvgIpc) is 3.25. The number of fused-ring (bicyclic) bond motifs is 2. The summed E-state index contributed by atoms with van der Waals surface area (Å²) >= 11 is 0. The van der Waals surface area contributed by atoms with Crippen LogP contribution in [-0.4, -0.2) is 59.5 Å². The van der Waals surface area contributed by atoms with Crippen LogP contribution >= 0.6 is 0 Å². The van der Waals surface area contributed by atoms with Gasteiger partial charge in [-0.05, 0) is 36.4 Å². The molecule has 0 atom stereocenters. The number of nitrogens with zero attached hydrogens (tertiary/aromatic N) is 4. The van der Waals surface area contributed by atoms with E-state index in [9.17, 15) is 9.59 Å². The van der Waals surface area contributed by atoms with Gasteiger partial charge in [0.2, 0.25) is 0 Å². The molecule has 10 heteroatoms. The van der Waals surface area contributed by atoms with Crippen molar-refractivity contribution in [1.82, 2.24) is 19.6 Å². The van der Waals surface area contributed by atoms with E-state index in [0.717, 1.165) is 17.4 Å². The number of aromatic nitrogens is 4. The lowest BCUT2D eigenvalue weighted by molar-refractivity contribution is -0.118. The van der Waals surface area contributed by atoms with Crippen LogP contribution in [-0.2, 0) is 27.4 Å². The number of hydrogen-bond donors (Lipinski definition) is 1. The van der Waals surface area contributed by atoms with E-state index < -0.39 is 0 Å². The molecule has 0 radical (unpaired) electrons. The Labute approximate surface area is 189 Å². The van der Waals surface area contributed by atoms with Gasteiger partial charge in [-0.3, -0.25) is 9.59 Å². The molecule has 1 N–H and O–H groups in total. The van der Waals surface area contributed by atoms with Crippen molar-refractivity contribution in [1.29, 1.82) is 0 Å². The average molecular weight is 451 g/mol. The number of carbonyl (C=O) groups is 1. The Hall–Kier alpha value is -3.76. The monoisotopic (exact) mass is 451 g/mol. The normalized spacial score (nSPS) is 11.2. The second-order valence-corrected chi connectivity index (χ2v) is 7.37. The minimum Gasteiger partial charge on any atom is -0.483 e. The van der Waals surface area contributed by atoms with E-state index in [4.69, 9.17) is 14.2 Å². The van der Waals surface area contributed by atoms with E-state index in [0.29, 0.717) is 42.1 Å². The van der Waals surface area contributed by atoms with Gasteiger partial charge in [-0.1, -0.05) is 11.3 Å². The fourth-order valence-electron chi connectivity index (χ4n) is 3.52. The summed E-state index contributed by atoms with van der Waals surface area (Å²) in [6.07, 6.45) is 1.97. The molecule has 4 aromatic rings. The summed E-state index contributed by atoms with van der Waals surface area (Å²) in [5, 5.41) is 12.0. The maximum absolute atomic E-state index is 12.6. The Kier molecular flexibility index (Phi) is 6.96. The fraction of sp³-hybridized carbons (Fsp3) is 0.304. The van der Waals surface area contributed by atoms with Gasteiger partial charge in [0.15, 0.2) is 6.61 Å². The van der Waals surface area contributed by atoms with Crippen LogP contribution in [0.2, 0.25) is 0 Å². The van der Waals surface area contributed by atoms with Gasteiger partial charge in [-0.25, -0.2) is 4.68 Å². The molecule has 0 fully saturated rings. The van der Waals surface area contributed by atoms with Gasteiger partial charge in [0.25, 0.3) is 11.5 Å². The Bertz CT molecular complexity index is 1330. The van der Waals surface area contributed by atoms with Gasteiger partial charge in [0.1, 0.15) is 11.3 Å². The van der Waals surface area contributed by atoms with Crippen molar-refractivity contribution in [3.8, 4) is 5.75 Å². The van der Waals surface area contributed by atoms with Crippen molar-refractivity contribution in [2.75, 3.05) is 39.4 Å². The smallest absolute Gasteiger partial charge is 0.277 e. The molecule has 2 heterocycles. The summed E-state index contributed by atoms with van der Waals surface area (Å²) in [5.41, 5.74) is 1.63. The first-order chi connectivity index (χ1) is 16.1. The lowest BCUT2D eigenvalue weighted by Gasteiger charge is -2.10. The topological polar surface area (TPSA) is 110 Å². The molecule has 0 saturated carbocycles. The molecule has 172 valence electrons. The number of anilines is 1. The van der Waals surface area contributed by atoms with Crippen LogP contribution in [0, 0.1) is 0 Å². The Morgan fingerprint density at radius 2 is 1.85 bits per heavy atom. The predicted molar refractivity (Wildman–Crippen MR) is 124 cm³/mol. The summed E-state index contributed by atoms with van der Waals surface area (Å²) in [7, 11) is 3.21. The van der Waals surface area contributed by atoms with Crippen LogP contribution < -0.4 is 15.6 Å². The van der Waals surface area contributed by atoms with Crippen molar-refractivity contribution in [3.05, 3.63) is 59.0 Å². The molecule has 0 bridgehead atoms. The van der Waals surface area contributed by atoms with E-state index in [2.05, 4.69) is 20.2 Å². The summed E-state index contributed by atoms with van der Waals surface area (Å²) in [5.74, 6) is 0.278. The first-order valence-electron chi connectivity index (χ1n) is 10.5. The summed E-state index contributed by atoms with van der Waals surface area (Å²) in [4.78, 5) is 25.1. The Morgan fingerprint density at radius 1 is 1.03 bits per heavy atom. The molecule has 2 aromatic heterocycles. The lowest BCUT2D eigenvalue weighted by Crippen LogP contribution is -2.26. The molecule has 0 saturated heterocycles. The maximum Gasteiger partial charge on any atom is 0.277 e. The highest BCUT2D eigenvalue weighted by molar-refractivity contribution is 5.94. The number of rotatable bonds is 10. The molecule has 10 nitrogen and oxygen atoms in total. The number of ether oxygens (including phenoxy) is 3. The molecule has 33 heavy (non-hydrogen) atoms. The van der Waals surface area contributed by atoms with Gasteiger partial charge in [0.05, 0.1) is 30.7 Å². The van der Waals surface area contributed by atoms with E-state index in [1.54, 1.807) is 32.4 Å². The van der Waals surface area contributed by atoms with E-state index in [-0.39, 0.29) is 18.1 Å². The second kappa shape index (κ2) is 10.2. The van der Waals surface area contributed by atoms with Gasteiger partial charge in [-0.15, -0.1) is 5.10 Å². The molecule has 0 aliphatic rings. The molecule has 1 amide bonds. The zero-order chi connectivity index (χ0) is 23.2. The SMILES string of the molecule is COCCn1nnc2ccc(NC(=O)COc3cccc4c3ccn4CCOC)cc2c1=O. The summed E-state index contributed by atoms with van der Waals surface area (Å²) in [6.45, 7) is 1.79. The predicted octanol–water partition coefficient (Wildman–Crippen LogP) is 2.06. The largest absolute Gasteiger partial charge is 0.483 e. The number of nitrogens with one attached hydrogen (secondary N) is 1.